The number of carbonyl (C=O) groups is 1. The van der Waals surface area contributed by atoms with E-state index in [0.29, 0.717) is 22.5 Å². The molecule has 1 unspecified atom stereocenters. The summed E-state index contributed by atoms with van der Waals surface area (Å²) in [6.07, 6.45) is -5.52. The quantitative estimate of drug-likeness (QED) is 0.778. The van der Waals surface area contributed by atoms with Crippen molar-refractivity contribution in [3.05, 3.63) is 65.2 Å². The van der Waals surface area contributed by atoms with E-state index < -0.39 is 17.9 Å². The third kappa shape index (κ3) is 3.59. The first-order valence-electron chi connectivity index (χ1n) is 7.17. The Kier molecular flexibility index (Phi) is 5.34. The minimum Gasteiger partial charge on any atom is -0.312 e. The summed E-state index contributed by atoms with van der Waals surface area (Å²) < 4.78 is 38.2. The molecule has 2 N–H and O–H groups in total. The maximum Gasteiger partial charge on any atom is 0.416 e. The van der Waals surface area contributed by atoms with E-state index in [0.717, 1.165) is 12.1 Å². The fraction of sp³-hybridized carbons (Fsp3) is 0.176. The molecule has 0 fully saturated rings. The second kappa shape index (κ2) is 6.97. The molecule has 25 heavy (non-hydrogen) atoms. The van der Waals surface area contributed by atoms with Gasteiger partial charge in [0, 0.05) is 18.2 Å². The van der Waals surface area contributed by atoms with E-state index in [-0.39, 0.29) is 22.9 Å². The molecule has 0 saturated carbocycles. The Hall–Kier alpha value is -2.19. The number of likely N-dealkylation sites (N-methyl/N-ethyl adjacent to an activating group) is 1. The summed E-state index contributed by atoms with van der Waals surface area (Å²) in [5.74, 6) is -0.385. The number of amides is 1. The SMILES string of the molecule is Br.CN1C(=O)C(N)N=C(c2ccc(C(F)(F)F)cc2)c2ccccc21. The van der Waals surface area contributed by atoms with Gasteiger partial charge in [-0.25, -0.2) is 0 Å². The van der Waals surface area contributed by atoms with Gasteiger partial charge < -0.3 is 10.6 Å². The lowest BCUT2D eigenvalue weighted by molar-refractivity contribution is -0.137. The number of alkyl halides is 3. The van der Waals surface area contributed by atoms with Crippen LogP contribution in [0.2, 0.25) is 0 Å². The molecule has 1 aliphatic heterocycles. The first-order valence-corrected chi connectivity index (χ1v) is 7.17. The van der Waals surface area contributed by atoms with Crippen molar-refractivity contribution < 1.29 is 18.0 Å². The molecule has 1 atom stereocenters. The van der Waals surface area contributed by atoms with Crippen molar-refractivity contribution in [3.63, 3.8) is 0 Å². The number of carbonyl (C=O) groups excluding carboxylic acids is 1. The molecule has 132 valence electrons. The number of halogens is 4. The van der Waals surface area contributed by atoms with Gasteiger partial charge in [0.2, 0.25) is 0 Å². The van der Waals surface area contributed by atoms with Gasteiger partial charge in [-0.2, -0.15) is 13.2 Å². The molecule has 0 aromatic heterocycles. The van der Waals surface area contributed by atoms with Crippen LogP contribution >= 0.6 is 17.0 Å². The van der Waals surface area contributed by atoms with Crippen LogP contribution in [0.15, 0.2) is 53.5 Å². The lowest BCUT2D eigenvalue weighted by Crippen LogP contribution is -2.39. The van der Waals surface area contributed by atoms with Gasteiger partial charge in [-0.3, -0.25) is 9.79 Å². The topological polar surface area (TPSA) is 58.7 Å². The highest BCUT2D eigenvalue weighted by Gasteiger charge is 2.31. The molecule has 1 heterocycles. The van der Waals surface area contributed by atoms with Crippen molar-refractivity contribution in [1.29, 1.82) is 0 Å². The zero-order valence-electron chi connectivity index (χ0n) is 13.1. The maximum absolute atomic E-state index is 12.7. The molecule has 0 bridgehead atoms. The highest BCUT2D eigenvalue weighted by molar-refractivity contribution is 8.93. The Labute approximate surface area is 152 Å². The number of anilines is 1. The second-order valence-electron chi connectivity index (χ2n) is 5.41. The minimum atomic E-state index is -4.41. The van der Waals surface area contributed by atoms with E-state index in [9.17, 15) is 18.0 Å². The number of hydrogen-bond acceptors (Lipinski definition) is 3. The normalized spacial score (nSPS) is 17.3. The third-order valence-corrected chi connectivity index (χ3v) is 3.86. The average Bonchev–Trinajstić information content (AvgIpc) is 2.65. The molecule has 3 rings (SSSR count). The summed E-state index contributed by atoms with van der Waals surface area (Å²) in [5.41, 5.74) is 7.18. The molecule has 4 nitrogen and oxygen atoms in total. The van der Waals surface area contributed by atoms with Crippen LogP contribution in [0.25, 0.3) is 0 Å². The van der Waals surface area contributed by atoms with Gasteiger partial charge in [-0.05, 0) is 18.2 Å². The van der Waals surface area contributed by atoms with Crippen molar-refractivity contribution in [2.24, 2.45) is 10.7 Å². The molecular formula is C17H15BrF3N3O. The number of rotatable bonds is 1. The van der Waals surface area contributed by atoms with Crippen LogP contribution in [0, 0.1) is 0 Å². The van der Waals surface area contributed by atoms with E-state index in [2.05, 4.69) is 4.99 Å². The summed E-state index contributed by atoms with van der Waals surface area (Å²) in [7, 11) is 1.59. The number of nitrogens with two attached hydrogens (primary N) is 1. The standard InChI is InChI=1S/C17H14F3N3O.BrH/c1-23-13-5-3-2-4-12(13)14(22-15(21)16(23)24)10-6-8-11(9-7-10)17(18,19)20;/h2-9,15H,21H2,1H3;1H. The molecular weight excluding hydrogens is 399 g/mol. The number of benzodiazepines with no additional fused rings is 1. The van der Waals surface area contributed by atoms with E-state index in [4.69, 9.17) is 5.73 Å². The number of aliphatic imine (C=N–C) groups is 1. The van der Waals surface area contributed by atoms with Crippen molar-refractivity contribution in [2.75, 3.05) is 11.9 Å². The van der Waals surface area contributed by atoms with E-state index in [1.54, 1.807) is 31.3 Å². The van der Waals surface area contributed by atoms with Gasteiger partial charge in [0.15, 0.2) is 6.17 Å². The van der Waals surface area contributed by atoms with Crippen LogP contribution in [0.4, 0.5) is 18.9 Å². The zero-order chi connectivity index (χ0) is 17.5. The van der Waals surface area contributed by atoms with Crippen LogP contribution in [0.1, 0.15) is 16.7 Å². The van der Waals surface area contributed by atoms with Gasteiger partial charge in [0.1, 0.15) is 0 Å². The molecule has 8 heteroatoms. The Balaban J connectivity index is 0.00000225. The summed E-state index contributed by atoms with van der Waals surface area (Å²) in [6.45, 7) is 0. The Morgan fingerprint density at radius 1 is 1.08 bits per heavy atom. The van der Waals surface area contributed by atoms with E-state index in [1.807, 2.05) is 0 Å². The van der Waals surface area contributed by atoms with Crippen molar-refractivity contribution in [3.8, 4) is 0 Å². The molecule has 0 radical (unpaired) electrons. The van der Waals surface area contributed by atoms with Gasteiger partial charge in [-0.1, -0.05) is 30.3 Å². The summed E-state index contributed by atoms with van der Waals surface area (Å²) in [5, 5.41) is 0. The third-order valence-electron chi connectivity index (χ3n) is 3.86. The van der Waals surface area contributed by atoms with Crippen LogP contribution in [-0.2, 0) is 11.0 Å². The van der Waals surface area contributed by atoms with Crippen molar-refractivity contribution >= 4 is 34.3 Å². The predicted molar refractivity (Wildman–Crippen MR) is 95.2 cm³/mol. The molecule has 2 aromatic rings. The second-order valence-corrected chi connectivity index (χ2v) is 5.41. The fourth-order valence-electron chi connectivity index (χ4n) is 2.59. The van der Waals surface area contributed by atoms with Crippen molar-refractivity contribution in [2.45, 2.75) is 12.3 Å². The number of hydrogen-bond donors (Lipinski definition) is 1. The monoisotopic (exact) mass is 413 g/mol. The Morgan fingerprint density at radius 2 is 1.68 bits per heavy atom. The van der Waals surface area contributed by atoms with Crippen LogP contribution in [0.3, 0.4) is 0 Å². The maximum atomic E-state index is 12.7. The average molecular weight is 414 g/mol. The lowest BCUT2D eigenvalue weighted by atomic mass is 9.99. The highest BCUT2D eigenvalue weighted by atomic mass is 79.9. The van der Waals surface area contributed by atoms with E-state index >= 15 is 0 Å². The minimum absolute atomic E-state index is 0. The number of fused-ring (bicyclic) bond motifs is 1. The summed E-state index contributed by atoms with van der Waals surface area (Å²) in [6, 6.07) is 11.7. The smallest absolute Gasteiger partial charge is 0.312 e. The summed E-state index contributed by atoms with van der Waals surface area (Å²) in [4.78, 5) is 17.9. The van der Waals surface area contributed by atoms with Gasteiger partial charge >= 0.3 is 6.18 Å². The molecule has 1 amide bonds. The number of para-hydroxylation sites is 1. The molecule has 0 aliphatic carbocycles. The van der Waals surface area contributed by atoms with Gasteiger partial charge in [-0.15, -0.1) is 17.0 Å². The summed E-state index contributed by atoms with van der Waals surface area (Å²) >= 11 is 0. The van der Waals surface area contributed by atoms with Gasteiger partial charge in [0.05, 0.1) is 17.0 Å². The number of nitrogens with zero attached hydrogens (tertiary/aromatic N) is 2. The van der Waals surface area contributed by atoms with Gasteiger partial charge in [0.25, 0.3) is 5.91 Å². The zero-order valence-corrected chi connectivity index (χ0v) is 14.8. The molecule has 1 aliphatic rings. The number of benzene rings is 2. The van der Waals surface area contributed by atoms with E-state index in [1.165, 1.54) is 17.0 Å². The Morgan fingerprint density at radius 3 is 2.28 bits per heavy atom. The molecule has 0 saturated heterocycles. The Bertz CT molecular complexity index is 819. The molecule has 2 aromatic carbocycles. The highest BCUT2D eigenvalue weighted by Crippen LogP contribution is 2.31. The van der Waals surface area contributed by atoms with Crippen LogP contribution in [0.5, 0.6) is 0 Å². The molecule has 0 spiro atoms. The van der Waals surface area contributed by atoms with Crippen molar-refractivity contribution in [1.82, 2.24) is 0 Å². The fourth-order valence-corrected chi connectivity index (χ4v) is 2.59. The first-order chi connectivity index (χ1) is 11.3. The lowest BCUT2D eigenvalue weighted by Gasteiger charge is -2.18. The van der Waals surface area contributed by atoms with Crippen LogP contribution < -0.4 is 10.6 Å². The predicted octanol–water partition coefficient (Wildman–Crippen LogP) is 3.38. The van der Waals surface area contributed by atoms with Crippen LogP contribution in [-0.4, -0.2) is 24.8 Å². The first kappa shape index (κ1) is 19.1. The largest absolute Gasteiger partial charge is 0.416 e.